The highest BCUT2D eigenvalue weighted by molar-refractivity contribution is 7.15. The summed E-state index contributed by atoms with van der Waals surface area (Å²) in [5, 5.41) is 4.72. The molecular formula is C15H27N3S. The predicted molar refractivity (Wildman–Crippen MR) is 83.9 cm³/mol. The normalized spacial score (nSPS) is 24.8. The first-order valence-electron chi connectivity index (χ1n) is 7.31. The average molecular weight is 281 g/mol. The van der Waals surface area contributed by atoms with E-state index in [4.69, 9.17) is 0 Å². The Bertz CT molecular complexity index is 408. The van der Waals surface area contributed by atoms with Crippen molar-refractivity contribution >= 4 is 16.5 Å². The number of anilines is 1. The van der Waals surface area contributed by atoms with Gasteiger partial charge in [0.15, 0.2) is 5.13 Å². The molecular weight excluding hydrogens is 254 g/mol. The van der Waals surface area contributed by atoms with E-state index >= 15 is 0 Å². The third kappa shape index (κ3) is 4.18. The fourth-order valence-corrected chi connectivity index (χ4v) is 3.53. The zero-order valence-corrected chi connectivity index (χ0v) is 13.7. The molecule has 1 saturated heterocycles. The molecule has 108 valence electrons. The molecule has 1 fully saturated rings. The Labute approximate surface area is 121 Å². The molecule has 1 aromatic rings. The maximum Gasteiger partial charge on any atom is 0.185 e. The quantitative estimate of drug-likeness (QED) is 0.916. The predicted octanol–water partition coefficient (Wildman–Crippen LogP) is 3.66. The molecule has 2 rings (SSSR count). The third-order valence-electron chi connectivity index (χ3n) is 3.72. The minimum Gasteiger partial charge on any atom is -0.345 e. The van der Waals surface area contributed by atoms with Gasteiger partial charge in [-0.1, -0.05) is 6.92 Å². The summed E-state index contributed by atoms with van der Waals surface area (Å²) in [6.07, 6.45) is 4.61. The summed E-state index contributed by atoms with van der Waals surface area (Å²) in [6.45, 7) is 13.3. The van der Waals surface area contributed by atoms with Gasteiger partial charge in [-0.05, 0) is 46.5 Å². The minimum atomic E-state index is 0.165. The van der Waals surface area contributed by atoms with Crippen LogP contribution in [0.1, 0.15) is 52.3 Å². The van der Waals surface area contributed by atoms with E-state index in [1.165, 1.54) is 22.9 Å². The van der Waals surface area contributed by atoms with Gasteiger partial charge in [-0.2, -0.15) is 0 Å². The monoisotopic (exact) mass is 281 g/mol. The third-order valence-corrected chi connectivity index (χ3v) is 4.75. The number of nitrogens with one attached hydrogen (secondary N) is 1. The smallest absolute Gasteiger partial charge is 0.185 e. The van der Waals surface area contributed by atoms with Gasteiger partial charge in [0.1, 0.15) is 0 Å². The molecule has 3 nitrogen and oxygen atoms in total. The van der Waals surface area contributed by atoms with Crippen LogP contribution < -0.4 is 10.2 Å². The molecule has 0 radical (unpaired) electrons. The van der Waals surface area contributed by atoms with Crippen molar-refractivity contribution in [2.75, 3.05) is 11.4 Å². The van der Waals surface area contributed by atoms with Crippen LogP contribution in [0.3, 0.4) is 0 Å². The second-order valence-corrected chi connectivity index (χ2v) is 7.98. The Kier molecular flexibility index (Phi) is 4.51. The second kappa shape index (κ2) is 5.80. The number of aromatic nitrogens is 1. The second-order valence-electron chi connectivity index (χ2n) is 6.88. The summed E-state index contributed by atoms with van der Waals surface area (Å²) in [4.78, 5) is 8.43. The first-order valence-corrected chi connectivity index (χ1v) is 8.13. The molecule has 1 aliphatic rings. The number of nitrogens with zero attached hydrogens (tertiary/aromatic N) is 2. The summed E-state index contributed by atoms with van der Waals surface area (Å²) in [5.74, 6) is 0.855. The zero-order valence-electron chi connectivity index (χ0n) is 12.9. The molecule has 0 spiro atoms. The number of hydrogen-bond acceptors (Lipinski definition) is 4. The summed E-state index contributed by atoms with van der Waals surface area (Å²) in [5.41, 5.74) is 0.165. The van der Waals surface area contributed by atoms with Gasteiger partial charge in [-0.15, -0.1) is 11.3 Å². The van der Waals surface area contributed by atoms with Gasteiger partial charge in [0.2, 0.25) is 0 Å². The van der Waals surface area contributed by atoms with E-state index in [2.05, 4.69) is 49.8 Å². The van der Waals surface area contributed by atoms with Gasteiger partial charge in [0.05, 0.1) is 0 Å². The van der Waals surface area contributed by atoms with Crippen molar-refractivity contribution in [3.63, 3.8) is 0 Å². The first-order chi connectivity index (χ1) is 8.85. The van der Waals surface area contributed by atoms with Crippen LogP contribution >= 0.6 is 11.3 Å². The van der Waals surface area contributed by atoms with E-state index in [0.717, 1.165) is 19.0 Å². The van der Waals surface area contributed by atoms with Crippen molar-refractivity contribution in [1.82, 2.24) is 10.3 Å². The molecule has 1 aliphatic heterocycles. The molecule has 0 aromatic carbocycles. The van der Waals surface area contributed by atoms with Crippen LogP contribution in [0.5, 0.6) is 0 Å². The number of rotatable bonds is 3. The molecule has 1 aromatic heterocycles. The summed E-state index contributed by atoms with van der Waals surface area (Å²) in [6, 6.07) is 0.623. The zero-order chi connectivity index (χ0) is 14.0. The van der Waals surface area contributed by atoms with Crippen LogP contribution in [0.2, 0.25) is 0 Å². The molecule has 0 aliphatic carbocycles. The Morgan fingerprint density at radius 1 is 1.42 bits per heavy atom. The van der Waals surface area contributed by atoms with Crippen LogP contribution in [0.15, 0.2) is 6.20 Å². The van der Waals surface area contributed by atoms with Gasteiger partial charge in [0, 0.05) is 35.7 Å². The van der Waals surface area contributed by atoms with E-state index in [1.807, 2.05) is 17.5 Å². The van der Waals surface area contributed by atoms with E-state index in [1.54, 1.807) is 0 Å². The maximum absolute atomic E-state index is 4.62. The maximum atomic E-state index is 4.62. The Morgan fingerprint density at radius 3 is 2.79 bits per heavy atom. The lowest BCUT2D eigenvalue weighted by Crippen LogP contribution is -2.40. The lowest BCUT2D eigenvalue weighted by Gasteiger charge is -2.36. The molecule has 0 saturated carbocycles. The van der Waals surface area contributed by atoms with Gasteiger partial charge in [0.25, 0.3) is 0 Å². The highest BCUT2D eigenvalue weighted by atomic mass is 32.1. The SMILES string of the molecule is CC1CCN(c2ncc(CNC(C)(C)C)s2)C(C)C1. The molecule has 1 N–H and O–H groups in total. The van der Waals surface area contributed by atoms with Crippen LogP contribution in [0.4, 0.5) is 5.13 Å². The molecule has 4 heteroatoms. The molecule has 2 atom stereocenters. The van der Waals surface area contributed by atoms with Crippen molar-refractivity contribution in [3.8, 4) is 0 Å². The largest absolute Gasteiger partial charge is 0.345 e. The van der Waals surface area contributed by atoms with Crippen molar-refractivity contribution < 1.29 is 0 Å². The lowest BCUT2D eigenvalue weighted by atomic mass is 9.94. The Balaban J connectivity index is 1.97. The fraction of sp³-hybridized carbons (Fsp3) is 0.800. The molecule has 2 heterocycles. The average Bonchev–Trinajstić information content (AvgIpc) is 2.74. The number of hydrogen-bond donors (Lipinski definition) is 1. The topological polar surface area (TPSA) is 28.2 Å². The van der Waals surface area contributed by atoms with Crippen LogP contribution in [0, 0.1) is 5.92 Å². The first kappa shape index (κ1) is 14.8. The van der Waals surface area contributed by atoms with Crippen molar-refractivity contribution in [1.29, 1.82) is 0 Å². The number of thiazole rings is 1. The van der Waals surface area contributed by atoms with E-state index < -0.39 is 0 Å². The van der Waals surface area contributed by atoms with E-state index in [0.29, 0.717) is 6.04 Å². The molecule has 2 unspecified atom stereocenters. The molecule has 0 bridgehead atoms. The highest BCUT2D eigenvalue weighted by Gasteiger charge is 2.25. The molecule has 19 heavy (non-hydrogen) atoms. The molecule has 0 amide bonds. The highest BCUT2D eigenvalue weighted by Crippen LogP contribution is 2.30. The van der Waals surface area contributed by atoms with Crippen molar-refractivity contribution in [3.05, 3.63) is 11.1 Å². The summed E-state index contributed by atoms with van der Waals surface area (Å²) >= 11 is 1.84. The van der Waals surface area contributed by atoms with Gasteiger partial charge < -0.3 is 10.2 Å². The standard InChI is InChI=1S/C15H27N3S/c1-11-6-7-18(12(2)8-11)14-16-9-13(19-14)10-17-15(3,4)5/h9,11-12,17H,6-8,10H2,1-5H3. The van der Waals surface area contributed by atoms with E-state index in [9.17, 15) is 0 Å². The van der Waals surface area contributed by atoms with Gasteiger partial charge >= 0.3 is 0 Å². The van der Waals surface area contributed by atoms with Crippen molar-refractivity contribution in [2.45, 2.75) is 65.6 Å². The fourth-order valence-electron chi connectivity index (χ4n) is 2.56. The number of piperidine rings is 1. The lowest BCUT2D eigenvalue weighted by molar-refractivity contribution is 0.377. The van der Waals surface area contributed by atoms with Crippen LogP contribution in [-0.4, -0.2) is 23.1 Å². The minimum absolute atomic E-state index is 0.165. The van der Waals surface area contributed by atoms with Crippen LogP contribution in [0.25, 0.3) is 0 Å². The van der Waals surface area contributed by atoms with E-state index in [-0.39, 0.29) is 5.54 Å². The summed E-state index contributed by atoms with van der Waals surface area (Å²) < 4.78 is 0. The Morgan fingerprint density at radius 2 is 2.16 bits per heavy atom. The Hall–Kier alpha value is -0.610. The van der Waals surface area contributed by atoms with Gasteiger partial charge in [-0.3, -0.25) is 0 Å². The van der Waals surface area contributed by atoms with Crippen molar-refractivity contribution in [2.24, 2.45) is 5.92 Å². The summed E-state index contributed by atoms with van der Waals surface area (Å²) in [7, 11) is 0. The van der Waals surface area contributed by atoms with Crippen LogP contribution in [-0.2, 0) is 6.54 Å². The van der Waals surface area contributed by atoms with Gasteiger partial charge in [-0.25, -0.2) is 4.98 Å².